The second kappa shape index (κ2) is 6.54. The van der Waals surface area contributed by atoms with Gasteiger partial charge in [0.05, 0.1) is 18.7 Å². The number of aromatic nitrogens is 2. The summed E-state index contributed by atoms with van der Waals surface area (Å²) in [6, 6.07) is 10.6. The van der Waals surface area contributed by atoms with Gasteiger partial charge in [-0.2, -0.15) is 0 Å². The summed E-state index contributed by atoms with van der Waals surface area (Å²) in [5.74, 6) is 1.92. The maximum absolute atomic E-state index is 5.60. The van der Waals surface area contributed by atoms with E-state index in [4.69, 9.17) is 9.57 Å². The van der Waals surface area contributed by atoms with Crippen LogP contribution in [-0.2, 0) is 0 Å². The van der Waals surface area contributed by atoms with E-state index in [0.29, 0.717) is 0 Å². The lowest BCUT2D eigenvalue weighted by molar-refractivity contribution is -0.870. The highest BCUT2D eigenvalue weighted by Crippen LogP contribution is 2.37. The summed E-state index contributed by atoms with van der Waals surface area (Å²) in [7, 11) is 3.39. The Morgan fingerprint density at radius 3 is 2.65 bits per heavy atom. The normalized spacial score (nSPS) is 11.0. The Labute approximate surface area is 140 Å². The number of H-pyrrole nitrogens is 1. The summed E-state index contributed by atoms with van der Waals surface area (Å²) in [6.07, 6.45) is 1.93. The molecule has 0 fully saturated rings. The molecular formula is C18H21N2O2S+. The van der Waals surface area contributed by atoms with Crippen LogP contribution in [0.5, 0.6) is 5.75 Å². The van der Waals surface area contributed by atoms with Gasteiger partial charge in [-0.25, -0.2) is 4.98 Å². The molecule has 0 aliphatic heterocycles. The summed E-state index contributed by atoms with van der Waals surface area (Å²) in [6.45, 7) is 4.19. The second-order valence-corrected chi connectivity index (χ2v) is 6.55. The van der Waals surface area contributed by atoms with Gasteiger partial charge in [0.2, 0.25) is 0 Å². The number of rotatable bonds is 5. The molecule has 1 aromatic carbocycles. The smallest absolute Gasteiger partial charge is 0.326 e. The van der Waals surface area contributed by atoms with Gasteiger partial charge in [0.25, 0.3) is 0 Å². The van der Waals surface area contributed by atoms with Gasteiger partial charge in [-0.05, 0) is 40.8 Å². The molecule has 0 radical (unpaired) electrons. The third kappa shape index (κ3) is 2.77. The fourth-order valence-corrected chi connectivity index (χ4v) is 3.58. The number of nitrogens with one attached hydrogen (secondary N) is 1. The minimum atomic E-state index is 0.877. The molecule has 0 amide bonds. The first-order valence-electron chi connectivity index (χ1n) is 7.58. The van der Waals surface area contributed by atoms with E-state index >= 15 is 0 Å². The maximum atomic E-state index is 5.60. The van der Waals surface area contributed by atoms with Gasteiger partial charge in [0.15, 0.2) is 0 Å². The van der Waals surface area contributed by atoms with E-state index in [1.54, 1.807) is 19.0 Å². The van der Waals surface area contributed by atoms with Crippen LogP contribution in [0.3, 0.4) is 0 Å². The van der Waals surface area contributed by atoms with Crippen LogP contribution >= 0.6 is 11.8 Å². The fraction of sp³-hybridized carbons (Fsp3) is 0.278. The van der Waals surface area contributed by atoms with Crippen molar-refractivity contribution in [2.45, 2.75) is 18.7 Å². The van der Waals surface area contributed by atoms with Crippen LogP contribution < -0.4 is 14.3 Å². The number of hydrogen-bond acceptors (Lipinski definition) is 3. The van der Waals surface area contributed by atoms with Crippen LogP contribution in [-0.4, -0.2) is 25.0 Å². The van der Waals surface area contributed by atoms with Gasteiger partial charge >= 0.3 is 5.65 Å². The van der Waals surface area contributed by atoms with Gasteiger partial charge in [0.1, 0.15) is 18.6 Å². The quantitative estimate of drug-likeness (QED) is 0.574. The predicted octanol–water partition coefficient (Wildman–Crippen LogP) is 3.61. The van der Waals surface area contributed by atoms with Crippen molar-refractivity contribution in [2.75, 3.05) is 20.0 Å². The molecule has 23 heavy (non-hydrogen) atoms. The summed E-state index contributed by atoms with van der Waals surface area (Å²) >= 11 is 1.83. The predicted molar refractivity (Wildman–Crippen MR) is 94.1 cm³/mol. The Balaban J connectivity index is 2.28. The van der Waals surface area contributed by atoms with E-state index < -0.39 is 0 Å². The number of nitrogens with zero attached hydrogens (tertiary/aromatic N) is 1. The molecule has 5 heteroatoms. The van der Waals surface area contributed by atoms with Gasteiger partial charge < -0.3 is 9.57 Å². The lowest BCUT2D eigenvalue weighted by atomic mass is 10.0. The Hall–Kier alpha value is -2.14. The van der Waals surface area contributed by atoms with Gasteiger partial charge in [-0.1, -0.05) is 6.92 Å². The van der Waals surface area contributed by atoms with E-state index in [9.17, 15) is 0 Å². The number of methoxy groups -OCH3 is 1. The molecule has 0 aliphatic rings. The molecular weight excluding hydrogens is 308 g/mol. The molecule has 0 atom stereocenters. The maximum Gasteiger partial charge on any atom is 0.326 e. The molecule has 0 aliphatic carbocycles. The zero-order chi connectivity index (χ0) is 16.4. The molecule has 3 rings (SSSR count). The molecule has 0 saturated heterocycles. The third-order valence-corrected chi connectivity index (χ3v) is 4.72. The number of pyridine rings is 1. The number of fused-ring (bicyclic) bond motifs is 1. The molecule has 4 nitrogen and oxygen atoms in total. The standard InChI is InChI=1S/C18H20N2O2S/c1-5-23-13-6-7-17(21-3)16(11-13)15-10-12(2)20(22-4)18-14(15)8-9-19-18/h6-11H,5H2,1-4H3/p+1. The zero-order valence-corrected chi connectivity index (χ0v) is 14.7. The number of aromatic amines is 1. The first kappa shape index (κ1) is 15.7. The van der Waals surface area contributed by atoms with E-state index in [1.165, 1.54) is 4.90 Å². The SMILES string of the molecule is CCSc1ccc(OC)c(-c2cc(C)[n+](OC)c3[nH]ccc23)c1. The van der Waals surface area contributed by atoms with Crippen LogP contribution in [0.15, 0.2) is 41.4 Å². The Bertz CT molecular complexity index is 842. The number of hydrogen-bond donors (Lipinski definition) is 1. The topological polar surface area (TPSA) is 38.1 Å². The number of benzene rings is 1. The minimum Gasteiger partial charge on any atom is -0.496 e. The van der Waals surface area contributed by atoms with Gasteiger partial charge in [-0.3, -0.25) is 0 Å². The van der Waals surface area contributed by atoms with E-state index in [1.807, 2.05) is 30.9 Å². The van der Waals surface area contributed by atoms with Crippen molar-refractivity contribution in [1.82, 2.24) is 4.98 Å². The van der Waals surface area contributed by atoms with Crippen molar-refractivity contribution < 1.29 is 14.3 Å². The number of aryl methyl sites for hydroxylation is 1. The van der Waals surface area contributed by atoms with E-state index in [-0.39, 0.29) is 0 Å². The summed E-state index contributed by atoms with van der Waals surface area (Å²) in [5, 5.41) is 1.11. The van der Waals surface area contributed by atoms with Crippen molar-refractivity contribution >= 4 is 22.8 Å². The molecule has 0 spiro atoms. The first-order chi connectivity index (χ1) is 11.2. The zero-order valence-electron chi connectivity index (χ0n) is 13.8. The van der Waals surface area contributed by atoms with Crippen LogP contribution in [0.2, 0.25) is 0 Å². The first-order valence-corrected chi connectivity index (χ1v) is 8.56. The van der Waals surface area contributed by atoms with Crippen molar-refractivity contribution in [2.24, 2.45) is 0 Å². The molecule has 1 N–H and O–H groups in total. The molecule has 0 bridgehead atoms. The summed E-state index contributed by atoms with van der Waals surface area (Å²) < 4.78 is 7.40. The Morgan fingerprint density at radius 1 is 1.13 bits per heavy atom. The lowest BCUT2D eigenvalue weighted by Gasteiger charge is -2.12. The average Bonchev–Trinajstić information content (AvgIpc) is 3.04. The molecule has 0 saturated carbocycles. The highest BCUT2D eigenvalue weighted by atomic mass is 32.2. The number of ether oxygens (including phenoxy) is 1. The van der Waals surface area contributed by atoms with Crippen molar-refractivity contribution in [3.63, 3.8) is 0 Å². The molecule has 2 heterocycles. The van der Waals surface area contributed by atoms with Crippen molar-refractivity contribution in [1.29, 1.82) is 0 Å². The molecule has 0 unspecified atom stereocenters. The lowest BCUT2D eigenvalue weighted by Crippen LogP contribution is -2.44. The minimum absolute atomic E-state index is 0.877. The van der Waals surface area contributed by atoms with Crippen LogP contribution in [0, 0.1) is 6.92 Å². The highest BCUT2D eigenvalue weighted by molar-refractivity contribution is 7.99. The van der Waals surface area contributed by atoms with E-state index in [0.717, 1.165) is 39.4 Å². The summed E-state index contributed by atoms with van der Waals surface area (Å²) in [4.78, 5) is 9.98. The van der Waals surface area contributed by atoms with E-state index in [2.05, 4.69) is 36.2 Å². The monoisotopic (exact) mass is 329 g/mol. The third-order valence-electron chi connectivity index (χ3n) is 3.85. The van der Waals surface area contributed by atoms with Crippen LogP contribution in [0.25, 0.3) is 22.2 Å². The van der Waals surface area contributed by atoms with Crippen molar-refractivity contribution in [3.8, 4) is 16.9 Å². The Morgan fingerprint density at radius 2 is 1.96 bits per heavy atom. The van der Waals surface area contributed by atoms with Crippen molar-refractivity contribution in [3.05, 3.63) is 42.2 Å². The van der Waals surface area contributed by atoms with Gasteiger partial charge in [0, 0.05) is 22.9 Å². The van der Waals surface area contributed by atoms with Gasteiger partial charge in [-0.15, -0.1) is 11.8 Å². The molecule has 120 valence electrons. The average molecular weight is 329 g/mol. The molecule has 3 aromatic rings. The summed E-state index contributed by atoms with van der Waals surface area (Å²) in [5.41, 5.74) is 4.20. The fourth-order valence-electron chi connectivity index (χ4n) is 2.88. The second-order valence-electron chi connectivity index (χ2n) is 5.21. The Kier molecular flexibility index (Phi) is 4.48. The largest absolute Gasteiger partial charge is 0.496 e. The molecule has 2 aromatic heterocycles. The number of thioether (sulfide) groups is 1. The highest BCUT2D eigenvalue weighted by Gasteiger charge is 2.20. The van der Waals surface area contributed by atoms with Crippen LogP contribution in [0.1, 0.15) is 12.6 Å². The van der Waals surface area contributed by atoms with Crippen LogP contribution in [0.4, 0.5) is 0 Å².